The number of nitrogens with zero attached hydrogens (tertiary/aromatic N) is 3. The normalized spacial score (nSPS) is 15.2. The lowest BCUT2D eigenvalue weighted by Gasteiger charge is -2.32. The van der Waals surface area contributed by atoms with Gasteiger partial charge in [-0.25, -0.2) is 4.98 Å². The Morgan fingerprint density at radius 2 is 1.89 bits per heavy atom. The molecule has 1 aliphatic heterocycles. The number of piperidine rings is 1. The average Bonchev–Trinajstić information content (AvgIpc) is 2.87. The second-order valence-corrected chi connectivity index (χ2v) is 9.19. The Labute approximate surface area is 214 Å². The molecule has 2 aromatic heterocycles. The highest BCUT2D eigenvalue weighted by Crippen LogP contribution is 2.33. The van der Waals surface area contributed by atoms with Crippen LogP contribution in [0.3, 0.4) is 0 Å². The lowest BCUT2D eigenvalue weighted by Crippen LogP contribution is -2.37. The van der Waals surface area contributed by atoms with Crippen molar-refractivity contribution in [2.75, 3.05) is 30.8 Å². The predicted molar refractivity (Wildman–Crippen MR) is 140 cm³/mol. The molecule has 0 amide bonds. The number of anilines is 2. The molecule has 0 aliphatic carbocycles. The summed E-state index contributed by atoms with van der Waals surface area (Å²) in [6.45, 7) is 3.54. The molecule has 8 nitrogen and oxygen atoms in total. The van der Waals surface area contributed by atoms with Gasteiger partial charge >= 0.3 is 0 Å². The van der Waals surface area contributed by atoms with Crippen LogP contribution in [0.15, 0.2) is 42.7 Å². The van der Waals surface area contributed by atoms with Crippen molar-refractivity contribution in [3.05, 3.63) is 75.2 Å². The fourth-order valence-corrected chi connectivity index (χ4v) is 4.63. The van der Waals surface area contributed by atoms with E-state index in [1.54, 1.807) is 38.4 Å². The Hall–Kier alpha value is -2.91. The Morgan fingerprint density at radius 1 is 1.14 bits per heavy atom. The van der Waals surface area contributed by atoms with Gasteiger partial charge in [-0.2, -0.15) is 0 Å². The lowest BCUT2D eigenvalue weighted by atomic mass is 10.0. The summed E-state index contributed by atoms with van der Waals surface area (Å²) in [4.78, 5) is 10.9. The number of benzene rings is 1. The number of ether oxygens (including phenoxy) is 2. The number of rotatable bonds is 7. The highest BCUT2D eigenvalue weighted by Gasteiger charge is 2.21. The third-order valence-corrected chi connectivity index (χ3v) is 6.94. The van der Waals surface area contributed by atoms with Gasteiger partial charge in [-0.1, -0.05) is 23.2 Å². The predicted octanol–water partition coefficient (Wildman–Crippen LogP) is 4.74. The third-order valence-electron chi connectivity index (χ3n) is 6.16. The van der Waals surface area contributed by atoms with Crippen molar-refractivity contribution < 1.29 is 9.47 Å². The van der Waals surface area contributed by atoms with E-state index in [1.165, 1.54) is 6.20 Å². The molecule has 5 N–H and O–H groups in total. The summed E-state index contributed by atoms with van der Waals surface area (Å²) < 4.78 is 11.4. The van der Waals surface area contributed by atoms with Crippen molar-refractivity contribution in [1.82, 2.24) is 9.97 Å². The molecule has 1 aromatic carbocycles. The molecule has 1 atom stereocenters. The van der Waals surface area contributed by atoms with Crippen LogP contribution in [0.4, 0.5) is 11.5 Å². The number of aryl methyl sites for hydroxylation is 1. The third kappa shape index (κ3) is 5.51. The molecule has 3 aromatic rings. The van der Waals surface area contributed by atoms with E-state index in [9.17, 15) is 0 Å². The number of halogens is 2. The number of nitrogens with one attached hydrogen (secondary N) is 1. The minimum Gasteiger partial charge on any atom is -0.471 e. The zero-order valence-electron chi connectivity index (χ0n) is 19.6. The summed E-state index contributed by atoms with van der Waals surface area (Å²) >= 11 is 12.6. The molecule has 0 bridgehead atoms. The largest absolute Gasteiger partial charge is 0.471 e. The molecule has 1 aliphatic rings. The van der Waals surface area contributed by atoms with E-state index in [4.69, 9.17) is 49.6 Å². The molecule has 10 heteroatoms. The molecule has 0 spiro atoms. The minimum atomic E-state index is -0.925. The Balaban J connectivity index is 1.51. The van der Waals surface area contributed by atoms with Crippen LogP contribution < -0.4 is 21.1 Å². The summed E-state index contributed by atoms with van der Waals surface area (Å²) in [6.07, 6.45) is 4.50. The van der Waals surface area contributed by atoms with E-state index < -0.39 is 6.23 Å². The van der Waals surface area contributed by atoms with Gasteiger partial charge in [0.2, 0.25) is 0 Å². The molecule has 0 saturated carbocycles. The van der Waals surface area contributed by atoms with Crippen molar-refractivity contribution in [1.29, 1.82) is 5.41 Å². The van der Waals surface area contributed by atoms with Crippen molar-refractivity contribution >= 4 is 40.4 Å². The molecular formula is C25H28Cl2N6O2. The molecular weight excluding hydrogens is 487 g/mol. The number of aromatic nitrogens is 2. The number of nitrogen functional groups attached to an aromatic ring is 1. The zero-order valence-corrected chi connectivity index (χ0v) is 21.1. The molecule has 4 rings (SSSR count). The molecule has 184 valence electrons. The first-order chi connectivity index (χ1) is 16.8. The van der Waals surface area contributed by atoms with E-state index in [1.807, 2.05) is 12.1 Å². The molecule has 1 fully saturated rings. The number of hydrogen-bond donors (Lipinski definition) is 3. The van der Waals surface area contributed by atoms with Gasteiger partial charge in [0.25, 0.3) is 0 Å². The van der Waals surface area contributed by atoms with Gasteiger partial charge in [0.15, 0.2) is 6.23 Å². The van der Waals surface area contributed by atoms with E-state index in [2.05, 4.69) is 14.9 Å². The SMILES string of the molecule is COC1CCN(c2ccc(C(=N)c3cc(O[C@H](N)c4c(Cl)cnc(C)c4Cl)ccc3N)cn2)CC1. The fraction of sp³-hybridized carbons (Fsp3) is 0.320. The summed E-state index contributed by atoms with van der Waals surface area (Å²) in [5.41, 5.74) is 15.3. The number of nitrogens with two attached hydrogens (primary N) is 2. The molecule has 1 saturated heterocycles. The van der Waals surface area contributed by atoms with Crippen molar-refractivity contribution in [3.8, 4) is 5.75 Å². The van der Waals surface area contributed by atoms with Crippen LogP contribution in [0.1, 0.15) is 41.5 Å². The van der Waals surface area contributed by atoms with Crippen LogP contribution in [-0.4, -0.2) is 42.0 Å². The van der Waals surface area contributed by atoms with E-state index in [0.29, 0.717) is 50.0 Å². The molecule has 35 heavy (non-hydrogen) atoms. The van der Waals surface area contributed by atoms with E-state index in [-0.39, 0.29) is 5.71 Å². The van der Waals surface area contributed by atoms with Crippen LogP contribution in [0.2, 0.25) is 10.0 Å². The van der Waals surface area contributed by atoms with Crippen molar-refractivity contribution in [2.45, 2.75) is 32.1 Å². The van der Waals surface area contributed by atoms with Gasteiger partial charge in [-0.3, -0.25) is 16.1 Å². The van der Waals surface area contributed by atoms with Gasteiger partial charge < -0.3 is 20.1 Å². The fourth-order valence-electron chi connectivity index (χ4n) is 4.07. The van der Waals surface area contributed by atoms with Crippen LogP contribution in [0.5, 0.6) is 5.75 Å². The highest BCUT2D eigenvalue weighted by molar-refractivity contribution is 6.36. The average molecular weight is 515 g/mol. The van der Waals surface area contributed by atoms with Gasteiger partial charge in [-0.15, -0.1) is 0 Å². The lowest BCUT2D eigenvalue weighted by molar-refractivity contribution is 0.0818. The zero-order chi connectivity index (χ0) is 25.1. The number of hydrogen-bond acceptors (Lipinski definition) is 8. The smallest absolute Gasteiger partial charge is 0.177 e. The van der Waals surface area contributed by atoms with Crippen LogP contribution in [0.25, 0.3) is 0 Å². The standard InChI is InChI=1S/C25H28Cl2N6O2/c1-14-23(27)22(19(26)13-31-14)25(30)35-17-4-5-20(28)18(11-17)24(29)15-3-6-21(32-12-15)33-9-7-16(34-2)8-10-33/h3-6,11-13,16,25,29H,7-10,28,30H2,1-2H3/t25-/m0/s1. The van der Waals surface area contributed by atoms with E-state index >= 15 is 0 Å². The summed E-state index contributed by atoms with van der Waals surface area (Å²) in [5.74, 6) is 1.31. The van der Waals surface area contributed by atoms with Crippen LogP contribution in [0, 0.1) is 12.3 Å². The molecule has 0 unspecified atom stereocenters. The van der Waals surface area contributed by atoms with Crippen molar-refractivity contribution in [2.24, 2.45) is 5.73 Å². The second-order valence-electron chi connectivity index (χ2n) is 8.41. The van der Waals surface area contributed by atoms with Gasteiger partial charge in [0.05, 0.1) is 27.6 Å². The summed E-state index contributed by atoms with van der Waals surface area (Å²) in [7, 11) is 1.75. The van der Waals surface area contributed by atoms with Crippen LogP contribution in [-0.2, 0) is 4.74 Å². The monoisotopic (exact) mass is 514 g/mol. The first-order valence-corrected chi connectivity index (χ1v) is 12.0. The number of methoxy groups -OCH3 is 1. The number of pyridine rings is 2. The minimum absolute atomic E-state index is 0.231. The summed E-state index contributed by atoms with van der Waals surface area (Å²) in [5, 5.41) is 9.40. The first kappa shape index (κ1) is 25.2. The maximum atomic E-state index is 8.73. The summed E-state index contributed by atoms with van der Waals surface area (Å²) in [6, 6.07) is 8.85. The van der Waals surface area contributed by atoms with Gasteiger partial charge in [0, 0.05) is 55.0 Å². The Kier molecular flexibility index (Phi) is 7.76. The second kappa shape index (κ2) is 10.8. The topological polar surface area (TPSA) is 123 Å². The molecule has 3 heterocycles. The van der Waals surface area contributed by atoms with Crippen LogP contribution >= 0.6 is 23.2 Å². The van der Waals surface area contributed by atoms with E-state index in [0.717, 1.165) is 31.7 Å². The first-order valence-electron chi connectivity index (χ1n) is 11.2. The Morgan fingerprint density at radius 3 is 2.54 bits per heavy atom. The maximum Gasteiger partial charge on any atom is 0.177 e. The van der Waals surface area contributed by atoms with Gasteiger partial charge in [-0.05, 0) is 50.1 Å². The maximum absolute atomic E-state index is 8.73. The quantitative estimate of drug-likeness (QED) is 0.236. The highest BCUT2D eigenvalue weighted by atomic mass is 35.5. The Bertz CT molecular complexity index is 1210. The molecule has 0 radical (unpaired) electrons. The van der Waals surface area contributed by atoms with Gasteiger partial charge in [0.1, 0.15) is 11.6 Å². The van der Waals surface area contributed by atoms with Crippen molar-refractivity contribution in [3.63, 3.8) is 0 Å².